The number of rotatable bonds is 3. The van der Waals surface area contributed by atoms with Gasteiger partial charge >= 0.3 is 5.97 Å². The van der Waals surface area contributed by atoms with Crippen molar-refractivity contribution in [2.45, 2.75) is 19.8 Å². The van der Waals surface area contributed by atoms with E-state index >= 15 is 0 Å². The van der Waals surface area contributed by atoms with Gasteiger partial charge in [0.1, 0.15) is 11.5 Å². The van der Waals surface area contributed by atoms with Gasteiger partial charge in [-0.3, -0.25) is 0 Å². The van der Waals surface area contributed by atoms with Crippen molar-refractivity contribution in [1.29, 1.82) is 0 Å². The largest absolute Gasteiger partial charge is 0.477 e. The van der Waals surface area contributed by atoms with Gasteiger partial charge < -0.3 is 10.1 Å². The number of aromatic nitrogens is 1. The molecule has 0 aliphatic rings. The minimum atomic E-state index is -1.01. The lowest BCUT2D eigenvalue weighted by Crippen LogP contribution is -1.99. The third-order valence-electron chi connectivity index (χ3n) is 3.52. The number of nitrogens with one attached hydrogen (secondary N) is 1. The molecule has 0 saturated carbocycles. The van der Waals surface area contributed by atoms with Crippen LogP contribution in [0.5, 0.6) is 0 Å². The van der Waals surface area contributed by atoms with Crippen molar-refractivity contribution >= 4 is 27.5 Å². The number of fused-ring (bicyclic) bond motifs is 1. The predicted octanol–water partition coefficient (Wildman–Crippen LogP) is 4.86. The molecule has 2 heterocycles. The second-order valence-corrected chi connectivity index (χ2v) is 6.12. The molecular weight excluding hydrogens is 289 g/mol. The summed E-state index contributed by atoms with van der Waals surface area (Å²) < 4.78 is 14.0. The molecule has 5 heteroatoms. The summed E-state index contributed by atoms with van der Waals surface area (Å²) >= 11 is 1.52. The molecule has 0 amide bonds. The van der Waals surface area contributed by atoms with Crippen molar-refractivity contribution in [1.82, 2.24) is 4.98 Å². The van der Waals surface area contributed by atoms with E-state index in [1.807, 2.05) is 5.38 Å². The maximum atomic E-state index is 13.1. The van der Waals surface area contributed by atoms with Crippen molar-refractivity contribution in [2.24, 2.45) is 0 Å². The molecule has 3 rings (SSSR count). The number of benzene rings is 1. The number of aromatic carboxylic acids is 1. The Morgan fingerprint density at radius 1 is 1.29 bits per heavy atom. The van der Waals surface area contributed by atoms with Crippen LogP contribution in [0, 0.1) is 5.82 Å². The van der Waals surface area contributed by atoms with Crippen molar-refractivity contribution in [3.63, 3.8) is 0 Å². The van der Waals surface area contributed by atoms with Gasteiger partial charge in [0.05, 0.1) is 10.2 Å². The van der Waals surface area contributed by atoms with Gasteiger partial charge in [-0.15, -0.1) is 11.3 Å². The van der Waals surface area contributed by atoms with E-state index in [4.69, 9.17) is 0 Å². The van der Waals surface area contributed by atoms with Crippen LogP contribution >= 0.6 is 11.3 Å². The SMILES string of the molecule is CC(C)c1csc2c(-c3ccc(F)cc3)c(C(=O)O)[nH]c12. The maximum absolute atomic E-state index is 13.1. The van der Waals surface area contributed by atoms with Crippen LogP contribution in [0.1, 0.15) is 35.8 Å². The smallest absolute Gasteiger partial charge is 0.353 e. The van der Waals surface area contributed by atoms with Gasteiger partial charge in [-0.1, -0.05) is 26.0 Å². The standard InChI is InChI=1S/C16H14FNO2S/c1-8(2)11-7-21-15-12(9-3-5-10(17)6-4-9)14(16(19)20)18-13(11)15/h3-8,18H,1-2H3,(H,19,20). The first-order valence-electron chi connectivity index (χ1n) is 6.61. The summed E-state index contributed by atoms with van der Waals surface area (Å²) in [6.45, 7) is 4.14. The number of H-pyrrole nitrogens is 1. The van der Waals surface area contributed by atoms with Crippen LogP contribution in [0.3, 0.4) is 0 Å². The zero-order valence-corrected chi connectivity index (χ0v) is 12.4. The summed E-state index contributed by atoms with van der Waals surface area (Å²) in [4.78, 5) is 14.5. The van der Waals surface area contributed by atoms with Crippen molar-refractivity contribution in [2.75, 3.05) is 0 Å². The third-order valence-corrected chi connectivity index (χ3v) is 4.53. The average molecular weight is 303 g/mol. The first-order valence-corrected chi connectivity index (χ1v) is 7.49. The summed E-state index contributed by atoms with van der Waals surface area (Å²) in [7, 11) is 0. The van der Waals surface area contributed by atoms with Gasteiger partial charge in [0.25, 0.3) is 0 Å². The molecule has 0 bridgehead atoms. The lowest BCUT2D eigenvalue weighted by atomic mass is 10.0. The molecule has 3 nitrogen and oxygen atoms in total. The van der Waals surface area contributed by atoms with E-state index < -0.39 is 5.97 Å². The summed E-state index contributed by atoms with van der Waals surface area (Å²) in [5.41, 5.74) is 3.47. The molecule has 1 aromatic carbocycles. The van der Waals surface area contributed by atoms with E-state index in [0.717, 1.165) is 15.8 Å². The molecule has 2 aromatic heterocycles. The highest BCUT2D eigenvalue weighted by molar-refractivity contribution is 7.18. The van der Waals surface area contributed by atoms with Gasteiger partial charge in [-0.25, -0.2) is 9.18 Å². The summed E-state index contributed by atoms with van der Waals surface area (Å²) in [6, 6.07) is 5.91. The molecule has 0 saturated heterocycles. The number of hydrogen-bond donors (Lipinski definition) is 2. The summed E-state index contributed by atoms with van der Waals surface area (Å²) in [5, 5.41) is 11.5. The molecule has 108 valence electrons. The fourth-order valence-electron chi connectivity index (χ4n) is 2.46. The Balaban J connectivity index is 2.31. The molecule has 0 fully saturated rings. The zero-order valence-electron chi connectivity index (χ0n) is 11.6. The van der Waals surface area contributed by atoms with E-state index in [9.17, 15) is 14.3 Å². The van der Waals surface area contributed by atoms with Crippen LogP contribution < -0.4 is 0 Å². The number of hydrogen-bond acceptors (Lipinski definition) is 2. The van der Waals surface area contributed by atoms with E-state index in [2.05, 4.69) is 18.8 Å². The Morgan fingerprint density at radius 2 is 1.95 bits per heavy atom. The topological polar surface area (TPSA) is 53.1 Å². The van der Waals surface area contributed by atoms with E-state index in [-0.39, 0.29) is 11.5 Å². The van der Waals surface area contributed by atoms with Crippen LogP contribution in [0.4, 0.5) is 4.39 Å². The number of aromatic amines is 1. The van der Waals surface area contributed by atoms with Gasteiger partial charge in [-0.2, -0.15) is 0 Å². The lowest BCUT2D eigenvalue weighted by Gasteiger charge is -2.01. The minimum absolute atomic E-state index is 0.158. The fourth-order valence-corrected chi connectivity index (χ4v) is 3.72. The van der Waals surface area contributed by atoms with E-state index in [1.165, 1.54) is 23.5 Å². The predicted molar refractivity (Wildman–Crippen MR) is 82.6 cm³/mol. The van der Waals surface area contributed by atoms with Crippen LogP contribution in [0.15, 0.2) is 29.6 Å². The zero-order chi connectivity index (χ0) is 15.1. The molecule has 0 atom stereocenters. The monoisotopic (exact) mass is 303 g/mol. The van der Waals surface area contributed by atoms with Crippen LogP contribution in [0.2, 0.25) is 0 Å². The van der Waals surface area contributed by atoms with Gasteiger partial charge in [0, 0.05) is 5.56 Å². The number of carboxylic acid groups (broad SMARTS) is 1. The molecule has 0 unspecified atom stereocenters. The average Bonchev–Trinajstić information content (AvgIpc) is 2.97. The van der Waals surface area contributed by atoms with E-state index in [0.29, 0.717) is 17.0 Å². The number of carboxylic acids is 1. The third kappa shape index (κ3) is 2.23. The van der Waals surface area contributed by atoms with Gasteiger partial charge in [-0.05, 0) is 34.6 Å². The van der Waals surface area contributed by atoms with Crippen molar-refractivity contribution < 1.29 is 14.3 Å². The van der Waals surface area contributed by atoms with Crippen LogP contribution in [-0.2, 0) is 0 Å². The molecule has 2 N–H and O–H groups in total. The molecule has 21 heavy (non-hydrogen) atoms. The van der Waals surface area contributed by atoms with Gasteiger partial charge in [0.2, 0.25) is 0 Å². The molecule has 0 aliphatic heterocycles. The molecule has 0 aliphatic carbocycles. The Morgan fingerprint density at radius 3 is 2.52 bits per heavy atom. The minimum Gasteiger partial charge on any atom is -0.477 e. The Labute approximate surface area is 125 Å². The van der Waals surface area contributed by atoms with Crippen LogP contribution in [0.25, 0.3) is 21.3 Å². The second-order valence-electron chi connectivity index (χ2n) is 5.24. The van der Waals surface area contributed by atoms with Gasteiger partial charge in [0.15, 0.2) is 0 Å². The highest BCUT2D eigenvalue weighted by Gasteiger charge is 2.22. The maximum Gasteiger partial charge on any atom is 0.353 e. The van der Waals surface area contributed by atoms with Crippen molar-refractivity contribution in [3.05, 3.63) is 46.7 Å². The summed E-state index contributed by atoms with van der Waals surface area (Å²) in [5.74, 6) is -1.04. The highest BCUT2D eigenvalue weighted by Crippen LogP contribution is 2.40. The molecular formula is C16H14FNO2S. The number of halogens is 1. The number of thiophene rings is 1. The van der Waals surface area contributed by atoms with E-state index in [1.54, 1.807) is 12.1 Å². The Hall–Kier alpha value is -2.14. The molecule has 0 spiro atoms. The highest BCUT2D eigenvalue weighted by atomic mass is 32.1. The first-order chi connectivity index (χ1) is 9.99. The van der Waals surface area contributed by atoms with Crippen LogP contribution in [-0.4, -0.2) is 16.1 Å². The summed E-state index contributed by atoms with van der Waals surface area (Å²) in [6.07, 6.45) is 0. The Kier molecular flexibility index (Phi) is 3.29. The number of carbonyl (C=O) groups is 1. The molecule has 3 aromatic rings. The fraction of sp³-hybridized carbons (Fsp3) is 0.188. The molecule has 0 radical (unpaired) electrons. The van der Waals surface area contributed by atoms with Crippen molar-refractivity contribution in [3.8, 4) is 11.1 Å². The lowest BCUT2D eigenvalue weighted by molar-refractivity contribution is 0.0692. The Bertz CT molecular complexity index is 815. The second kappa shape index (κ2) is 5.00. The normalized spacial score (nSPS) is 11.4. The quantitative estimate of drug-likeness (QED) is 0.726. The first kappa shape index (κ1) is 13.8.